The maximum atomic E-state index is 5.47. The molecule has 0 radical (unpaired) electrons. The third-order valence-corrected chi connectivity index (χ3v) is 2.62. The van der Waals surface area contributed by atoms with Crippen molar-refractivity contribution in [2.45, 2.75) is 6.42 Å². The number of nitrogens with two attached hydrogens (primary N) is 1. The first-order valence-electron chi connectivity index (χ1n) is 3.92. The third-order valence-electron chi connectivity index (χ3n) is 1.83. The molecule has 2 N–H and O–H groups in total. The van der Waals surface area contributed by atoms with Gasteiger partial charge in [-0.15, -0.1) is 36.2 Å². The van der Waals surface area contributed by atoms with E-state index in [1.807, 2.05) is 5.51 Å². The van der Waals surface area contributed by atoms with Crippen LogP contribution in [0.1, 0.15) is 5.56 Å². The van der Waals surface area contributed by atoms with E-state index in [1.165, 1.54) is 10.3 Å². The lowest BCUT2D eigenvalue weighted by molar-refractivity contribution is 0.971. The lowest BCUT2D eigenvalue weighted by Crippen LogP contribution is -2.02. The summed E-state index contributed by atoms with van der Waals surface area (Å²) in [5.74, 6) is 0. The van der Waals surface area contributed by atoms with E-state index in [-0.39, 0.29) is 24.8 Å². The van der Waals surface area contributed by atoms with E-state index in [2.05, 4.69) is 23.2 Å². The minimum Gasteiger partial charge on any atom is -0.330 e. The van der Waals surface area contributed by atoms with E-state index in [4.69, 9.17) is 5.73 Å². The molecular formula is C9H12Cl2N2S. The number of thiazole rings is 1. The monoisotopic (exact) mass is 250 g/mol. The topological polar surface area (TPSA) is 38.9 Å². The second-order valence-corrected chi connectivity index (χ2v) is 3.58. The summed E-state index contributed by atoms with van der Waals surface area (Å²) in [4.78, 5) is 4.21. The fraction of sp³-hybridized carbons (Fsp3) is 0.222. The molecule has 5 heteroatoms. The third kappa shape index (κ3) is 2.82. The molecule has 1 aromatic carbocycles. The Labute approximate surface area is 99.3 Å². The molecule has 0 atom stereocenters. The summed E-state index contributed by atoms with van der Waals surface area (Å²) in [6.45, 7) is 0.713. The molecule has 78 valence electrons. The number of benzene rings is 1. The first kappa shape index (κ1) is 13.7. The quantitative estimate of drug-likeness (QED) is 0.891. The second-order valence-electron chi connectivity index (χ2n) is 2.69. The maximum absolute atomic E-state index is 5.47. The van der Waals surface area contributed by atoms with Crippen LogP contribution in [0.3, 0.4) is 0 Å². The molecule has 0 unspecified atom stereocenters. The van der Waals surface area contributed by atoms with Gasteiger partial charge in [0.1, 0.15) is 0 Å². The normalized spacial score (nSPS) is 9.21. The Bertz CT molecular complexity index is 389. The molecule has 2 aromatic rings. The van der Waals surface area contributed by atoms with Crippen LogP contribution in [0.2, 0.25) is 0 Å². The summed E-state index contributed by atoms with van der Waals surface area (Å²) in [5.41, 5.74) is 9.72. The van der Waals surface area contributed by atoms with Crippen molar-refractivity contribution in [1.82, 2.24) is 4.98 Å². The summed E-state index contributed by atoms with van der Waals surface area (Å²) in [5, 5.41) is 0. The molecular weight excluding hydrogens is 239 g/mol. The first-order valence-corrected chi connectivity index (χ1v) is 4.80. The lowest BCUT2D eigenvalue weighted by atomic mass is 10.1. The summed E-state index contributed by atoms with van der Waals surface area (Å²) in [7, 11) is 0. The highest BCUT2D eigenvalue weighted by Gasteiger charge is 1.97. The minimum absolute atomic E-state index is 0. The van der Waals surface area contributed by atoms with Gasteiger partial charge in [-0.2, -0.15) is 0 Å². The van der Waals surface area contributed by atoms with Gasteiger partial charge in [0.15, 0.2) is 0 Å². The minimum atomic E-state index is 0. The van der Waals surface area contributed by atoms with Crippen LogP contribution >= 0.6 is 36.2 Å². The fourth-order valence-corrected chi connectivity index (χ4v) is 1.96. The Hall–Kier alpha value is -0.350. The van der Waals surface area contributed by atoms with Crippen molar-refractivity contribution in [3.63, 3.8) is 0 Å². The van der Waals surface area contributed by atoms with Gasteiger partial charge < -0.3 is 5.73 Å². The van der Waals surface area contributed by atoms with E-state index in [0.717, 1.165) is 11.9 Å². The molecule has 0 spiro atoms. The van der Waals surface area contributed by atoms with Gasteiger partial charge in [-0.1, -0.05) is 6.07 Å². The highest BCUT2D eigenvalue weighted by atomic mass is 35.5. The molecule has 2 nitrogen and oxygen atoms in total. The average Bonchev–Trinajstić information content (AvgIpc) is 2.51. The van der Waals surface area contributed by atoms with Crippen LogP contribution in [0.4, 0.5) is 0 Å². The number of fused-ring (bicyclic) bond motifs is 1. The molecule has 2 rings (SSSR count). The summed E-state index contributed by atoms with van der Waals surface area (Å²) < 4.78 is 1.25. The standard InChI is InChI=1S/C9H10N2S.2ClH/c10-4-3-7-1-2-8-9(5-7)12-6-11-8;;/h1-2,5-6H,3-4,10H2;2*1H. The summed E-state index contributed by atoms with van der Waals surface area (Å²) in [6, 6.07) is 6.31. The Kier molecular flexibility index (Phi) is 6.04. The summed E-state index contributed by atoms with van der Waals surface area (Å²) >= 11 is 1.68. The van der Waals surface area contributed by atoms with Crippen molar-refractivity contribution in [2.24, 2.45) is 5.73 Å². The van der Waals surface area contributed by atoms with Gasteiger partial charge in [-0.25, -0.2) is 4.98 Å². The molecule has 0 aliphatic carbocycles. The Morgan fingerprint density at radius 1 is 1.29 bits per heavy atom. The molecule has 14 heavy (non-hydrogen) atoms. The SMILES string of the molecule is Cl.Cl.NCCc1ccc2ncsc2c1. The van der Waals surface area contributed by atoms with Crippen LogP contribution in [-0.4, -0.2) is 11.5 Å². The largest absolute Gasteiger partial charge is 0.330 e. The fourth-order valence-electron chi connectivity index (χ4n) is 1.22. The Balaban J connectivity index is 0.000000845. The van der Waals surface area contributed by atoms with Gasteiger partial charge in [-0.3, -0.25) is 0 Å². The predicted octanol–water partition coefficient (Wildman–Crippen LogP) is 2.64. The van der Waals surface area contributed by atoms with Crippen LogP contribution in [0.15, 0.2) is 23.7 Å². The number of hydrogen-bond donors (Lipinski definition) is 1. The van der Waals surface area contributed by atoms with Crippen LogP contribution in [0.25, 0.3) is 10.2 Å². The number of nitrogens with zero attached hydrogens (tertiary/aromatic N) is 1. The molecule has 0 aliphatic heterocycles. The highest BCUT2D eigenvalue weighted by Crippen LogP contribution is 2.18. The smallest absolute Gasteiger partial charge is 0.0812 e. The van der Waals surface area contributed by atoms with Crippen LogP contribution < -0.4 is 5.73 Å². The number of aromatic nitrogens is 1. The molecule has 0 saturated carbocycles. The van der Waals surface area contributed by atoms with Crippen LogP contribution in [-0.2, 0) is 6.42 Å². The van der Waals surface area contributed by atoms with Gasteiger partial charge in [0.05, 0.1) is 15.7 Å². The summed E-state index contributed by atoms with van der Waals surface area (Å²) in [6.07, 6.45) is 0.952. The van der Waals surface area contributed by atoms with Gasteiger partial charge in [-0.05, 0) is 30.7 Å². The average molecular weight is 251 g/mol. The first-order chi connectivity index (χ1) is 5.90. The molecule has 1 aromatic heterocycles. The van der Waals surface area contributed by atoms with Gasteiger partial charge in [0.2, 0.25) is 0 Å². The predicted molar refractivity (Wildman–Crippen MR) is 66.9 cm³/mol. The molecule has 0 fully saturated rings. The zero-order valence-electron chi connectivity index (χ0n) is 7.47. The molecule has 0 amide bonds. The molecule has 0 aliphatic rings. The molecule has 1 heterocycles. The zero-order valence-corrected chi connectivity index (χ0v) is 9.92. The van der Waals surface area contributed by atoms with E-state index in [1.54, 1.807) is 11.3 Å². The van der Waals surface area contributed by atoms with Gasteiger partial charge >= 0.3 is 0 Å². The van der Waals surface area contributed by atoms with Crippen molar-refractivity contribution in [2.75, 3.05) is 6.54 Å². The van der Waals surface area contributed by atoms with E-state index >= 15 is 0 Å². The van der Waals surface area contributed by atoms with E-state index < -0.39 is 0 Å². The van der Waals surface area contributed by atoms with Crippen LogP contribution in [0.5, 0.6) is 0 Å². The number of hydrogen-bond acceptors (Lipinski definition) is 3. The number of rotatable bonds is 2. The molecule has 0 saturated heterocycles. The van der Waals surface area contributed by atoms with Crippen molar-refractivity contribution in [3.05, 3.63) is 29.3 Å². The van der Waals surface area contributed by atoms with E-state index in [9.17, 15) is 0 Å². The molecule has 0 bridgehead atoms. The number of halogens is 2. The highest BCUT2D eigenvalue weighted by molar-refractivity contribution is 7.16. The van der Waals surface area contributed by atoms with Gasteiger partial charge in [0, 0.05) is 0 Å². The van der Waals surface area contributed by atoms with Crippen molar-refractivity contribution in [1.29, 1.82) is 0 Å². The van der Waals surface area contributed by atoms with Crippen molar-refractivity contribution in [3.8, 4) is 0 Å². The second kappa shape index (κ2) is 6.19. The Morgan fingerprint density at radius 3 is 2.79 bits per heavy atom. The zero-order chi connectivity index (χ0) is 8.39. The lowest BCUT2D eigenvalue weighted by Gasteiger charge is -1.96. The maximum Gasteiger partial charge on any atom is 0.0812 e. The Morgan fingerprint density at radius 2 is 2.07 bits per heavy atom. The van der Waals surface area contributed by atoms with Crippen molar-refractivity contribution < 1.29 is 0 Å². The van der Waals surface area contributed by atoms with Gasteiger partial charge in [0.25, 0.3) is 0 Å². The van der Waals surface area contributed by atoms with Crippen molar-refractivity contribution >= 4 is 46.4 Å². The van der Waals surface area contributed by atoms with Crippen LogP contribution in [0, 0.1) is 0 Å². The van der Waals surface area contributed by atoms with E-state index in [0.29, 0.717) is 6.54 Å².